The highest BCUT2D eigenvalue weighted by Gasteiger charge is 2.09. The predicted octanol–water partition coefficient (Wildman–Crippen LogP) is 4.78. The van der Waals surface area contributed by atoms with Gasteiger partial charge in [0.1, 0.15) is 11.6 Å². The van der Waals surface area contributed by atoms with Crippen molar-refractivity contribution in [3.05, 3.63) is 83.4 Å². The van der Waals surface area contributed by atoms with Crippen LogP contribution in [0.1, 0.15) is 11.3 Å². The van der Waals surface area contributed by atoms with Crippen LogP contribution in [0, 0.1) is 5.82 Å². The van der Waals surface area contributed by atoms with Crippen LogP contribution in [-0.2, 0) is 17.6 Å². The molecular weight excluding hydrogens is 353 g/mol. The summed E-state index contributed by atoms with van der Waals surface area (Å²) in [6.45, 7) is 3.43. The minimum Gasteiger partial charge on any atom is -0.342 e. The zero-order valence-corrected chi connectivity index (χ0v) is 14.7. The number of halogens is 2. The molecule has 1 amide bonds. The number of anilines is 1. The van der Waals surface area contributed by atoms with Crippen molar-refractivity contribution in [2.24, 2.45) is 0 Å². The number of hydrogen-bond acceptors (Lipinski definition) is 2. The molecule has 0 radical (unpaired) electrons. The summed E-state index contributed by atoms with van der Waals surface area (Å²) in [7, 11) is 0. The highest BCUT2D eigenvalue weighted by Crippen LogP contribution is 2.21. The molecule has 6 heteroatoms. The Labute approximate surface area is 155 Å². The lowest BCUT2D eigenvalue weighted by atomic mass is 10.1. The second-order valence-electron chi connectivity index (χ2n) is 5.76. The van der Waals surface area contributed by atoms with Crippen LogP contribution in [0.5, 0.6) is 0 Å². The van der Waals surface area contributed by atoms with E-state index in [2.05, 4.69) is 21.9 Å². The Bertz CT molecular complexity index is 934. The quantitative estimate of drug-likeness (QED) is 0.614. The van der Waals surface area contributed by atoms with E-state index in [1.165, 1.54) is 18.2 Å². The van der Waals surface area contributed by atoms with Gasteiger partial charge in [-0.05, 0) is 66.9 Å². The lowest BCUT2D eigenvalue weighted by Crippen LogP contribution is -2.10. The van der Waals surface area contributed by atoms with Gasteiger partial charge in [-0.1, -0.05) is 18.2 Å². The topological polar surface area (TPSA) is 57.8 Å². The maximum absolute atomic E-state index is 13.6. The van der Waals surface area contributed by atoms with Crippen LogP contribution in [0.2, 0.25) is 5.02 Å². The number of nitrogens with zero attached hydrogens (tertiary/aromatic N) is 1. The summed E-state index contributed by atoms with van der Waals surface area (Å²) in [6, 6.07) is 11.7. The Balaban J connectivity index is 1.73. The number of aromatic nitrogens is 2. The first-order chi connectivity index (χ1) is 12.5. The molecule has 0 bridgehead atoms. The van der Waals surface area contributed by atoms with E-state index in [0.717, 1.165) is 17.1 Å². The van der Waals surface area contributed by atoms with Gasteiger partial charge in [-0.2, -0.15) is 0 Å². The highest BCUT2D eigenvalue weighted by atomic mass is 35.5. The molecule has 3 aromatic rings. The van der Waals surface area contributed by atoms with Crippen LogP contribution in [-0.4, -0.2) is 15.9 Å². The molecule has 26 heavy (non-hydrogen) atoms. The summed E-state index contributed by atoms with van der Waals surface area (Å²) in [4.78, 5) is 19.2. The van der Waals surface area contributed by atoms with Crippen molar-refractivity contribution < 1.29 is 9.18 Å². The number of carbonyl (C=O) groups is 1. The molecule has 0 fully saturated rings. The number of rotatable bonds is 6. The van der Waals surface area contributed by atoms with E-state index in [-0.39, 0.29) is 11.7 Å². The summed E-state index contributed by atoms with van der Waals surface area (Å²) in [5, 5.41) is 3.37. The fourth-order valence-corrected chi connectivity index (χ4v) is 2.71. The van der Waals surface area contributed by atoms with Crippen LogP contribution < -0.4 is 5.32 Å². The molecule has 0 aliphatic carbocycles. The van der Waals surface area contributed by atoms with Gasteiger partial charge in [0.15, 0.2) is 0 Å². The van der Waals surface area contributed by atoms with E-state index in [1.54, 1.807) is 24.4 Å². The van der Waals surface area contributed by atoms with Crippen molar-refractivity contribution in [1.29, 1.82) is 0 Å². The fourth-order valence-electron chi connectivity index (χ4n) is 2.58. The van der Waals surface area contributed by atoms with Crippen molar-refractivity contribution in [3.63, 3.8) is 0 Å². The molecule has 0 atom stereocenters. The van der Waals surface area contributed by atoms with Crippen molar-refractivity contribution >= 4 is 23.2 Å². The standard InChI is InChI=1S/C20H17ClFN3O/c1-2-19(26)25-18-10-8-16(22)11-14(18)5-9-17-12-23-20(24-17)13-3-6-15(21)7-4-13/h2-4,6-8,10-12H,1,5,9H2,(H,23,24)(H,25,26). The lowest BCUT2D eigenvalue weighted by molar-refractivity contribution is -0.111. The fraction of sp³-hybridized carbons (Fsp3) is 0.100. The Hall–Kier alpha value is -2.92. The van der Waals surface area contributed by atoms with E-state index < -0.39 is 0 Å². The number of aryl methyl sites for hydroxylation is 2. The first kappa shape index (κ1) is 17.9. The molecule has 0 aliphatic heterocycles. The Kier molecular flexibility index (Phi) is 5.49. The molecule has 2 aromatic carbocycles. The summed E-state index contributed by atoms with van der Waals surface area (Å²) in [5.41, 5.74) is 3.14. The Morgan fingerprint density at radius 1 is 1.23 bits per heavy atom. The van der Waals surface area contributed by atoms with E-state index in [0.29, 0.717) is 29.1 Å². The molecule has 0 saturated carbocycles. The van der Waals surface area contributed by atoms with Gasteiger partial charge >= 0.3 is 0 Å². The van der Waals surface area contributed by atoms with E-state index in [1.807, 2.05) is 12.1 Å². The molecule has 0 aliphatic rings. The van der Waals surface area contributed by atoms with Crippen LogP contribution >= 0.6 is 11.6 Å². The van der Waals surface area contributed by atoms with Gasteiger partial charge in [0, 0.05) is 28.2 Å². The molecule has 0 spiro atoms. The third kappa shape index (κ3) is 4.37. The molecule has 2 N–H and O–H groups in total. The first-order valence-corrected chi connectivity index (χ1v) is 8.44. The number of nitrogens with one attached hydrogen (secondary N) is 2. The third-order valence-corrected chi connectivity index (χ3v) is 4.17. The predicted molar refractivity (Wildman–Crippen MR) is 102 cm³/mol. The number of H-pyrrole nitrogens is 1. The highest BCUT2D eigenvalue weighted by molar-refractivity contribution is 6.30. The van der Waals surface area contributed by atoms with Gasteiger partial charge < -0.3 is 10.3 Å². The van der Waals surface area contributed by atoms with Crippen LogP contribution in [0.25, 0.3) is 11.4 Å². The first-order valence-electron chi connectivity index (χ1n) is 8.07. The van der Waals surface area contributed by atoms with Gasteiger partial charge in [-0.25, -0.2) is 9.37 Å². The second-order valence-corrected chi connectivity index (χ2v) is 6.20. The van der Waals surface area contributed by atoms with Gasteiger partial charge in [-0.15, -0.1) is 0 Å². The zero-order valence-electron chi connectivity index (χ0n) is 13.9. The third-order valence-electron chi connectivity index (χ3n) is 3.92. The minimum absolute atomic E-state index is 0.329. The molecule has 1 heterocycles. The van der Waals surface area contributed by atoms with Gasteiger partial charge in [0.2, 0.25) is 5.91 Å². The van der Waals surface area contributed by atoms with Gasteiger partial charge in [0.05, 0.1) is 0 Å². The molecule has 3 rings (SSSR count). The van der Waals surface area contributed by atoms with Crippen molar-refractivity contribution in [1.82, 2.24) is 9.97 Å². The van der Waals surface area contributed by atoms with Crippen molar-refractivity contribution in [2.45, 2.75) is 12.8 Å². The van der Waals surface area contributed by atoms with Gasteiger partial charge in [0.25, 0.3) is 0 Å². The smallest absolute Gasteiger partial charge is 0.247 e. The molecule has 1 aromatic heterocycles. The van der Waals surface area contributed by atoms with Crippen LogP contribution in [0.15, 0.2) is 61.3 Å². The normalized spacial score (nSPS) is 10.5. The van der Waals surface area contributed by atoms with Crippen molar-refractivity contribution in [2.75, 3.05) is 5.32 Å². The number of amides is 1. The largest absolute Gasteiger partial charge is 0.342 e. The monoisotopic (exact) mass is 369 g/mol. The summed E-state index contributed by atoms with van der Waals surface area (Å²) < 4.78 is 13.6. The van der Waals surface area contributed by atoms with Crippen molar-refractivity contribution in [3.8, 4) is 11.4 Å². The van der Waals surface area contributed by atoms with E-state index in [4.69, 9.17) is 11.6 Å². The average Bonchev–Trinajstić information content (AvgIpc) is 3.11. The minimum atomic E-state index is -0.344. The Morgan fingerprint density at radius 3 is 2.73 bits per heavy atom. The Morgan fingerprint density at radius 2 is 2.00 bits per heavy atom. The number of aromatic amines is 1. The lowest BCUT2D eigenvalue weighted by Gasteiger charge is -2.09. The molecule has 0 unspecified atom stereocenters. The number of benzene rings is 2. The number of carbonyl (C=O) groups excluding carboxylic acids is 1. The maximum atomic E-state index is 13.6. The molecule has 132 valence electrons. The van der Waals surface area contributed by atoms with Crippen LogP contribution in [0.4, 0.5) is 10.1 Å². The molecule has 0 saturated heterocycles. The second kappa shape index (κ2) is 7.97. The molecule has 4 nitrogen and oxygen atoms in total. The SMILES string of the molecule is C=CC(=O)Nc1ccc(F)cc1CCc1cnc(-c2ccc(Cl)cc2)[nH]1. The van der Waals surface area contributed by atoms with E-state index >= 15 is 0 Å². The zero-order chi connectivity index (χ0) is 18.5. The summed E-state index contributed by atoms with van der Waals surface area (Å²) >= 11 is 5.90. The van der Waals surface area contributed by atoms with Crippen LogP contribution in [0.3, 0.4) is 0 Å². The van der Waals surface area contributed by atoms with Gasteiger partial charge in [-0.3, -0.25) is 4.79 Å². The van der Waals surface area contributed by atoms with E-state index in [9.17, 15) is 9.18 Å². The number of imidazole rings is 1. The maximum Gasteiger partial charge on any atom is 0.247 e. The summed E-state index contributed by atoms with van der Waals surface area (Å²) in [6.07, 6.45) is 4.11. The summed E-state index contributed by atoms with van der Waals surface area (Å²) in [5.74, 6) is 0.0728. The molecular formula is C20H17ClFN3O. The number of hydrogen-bond donors (Lipinski definition) is 2. The average molecular weight is 370 g/mol.